The minimum absolute atomic E-state index is 0.109. The van der Waals surface area contributed by atoms with E-state index in [1.807, 2.05) is 41.8 Å². The molecular weight excluding hydrogens is 458 g/mol. The van der Waals surface area contributed by atoms with E-state index in [1.165, 1.54) is 7.11 Å². The molecule has 0 amide bonds. The Morgan fingerprint density at radius 3 is 2.78 bits per heavy atom. The number of hydrogen-bond acceptors (Lipinski definition) is 9. The van der Waals surface area contributed by atoms with Gasteiger partial charge in [-0.2, -0.15) is 15.5 Å². The number of aromatic nitrogens is 7. The van der Waals surface area contributed by atoms with E-state index < -0.39 is 0 Å². The number of nitrogens with zero attached hydrogens (tertiary/aromatic N) is 7. The summed E-state index contributed by atoms with van der Waals surface area (Å²) in [6.07, 6.45) is 1.66. The summed E-state index contributed by atoms with van der Waals surface area (Å²) in [6.45, 7) is 3.55. The number of pyridine rings is 1. The number of aryl methyl sites for hydroxylation is 2. The summed E-state index contributed by atoms with van der Waals surface area (Å²) >= 11 is 0. The Hall–Kier alpha value is -4.95. The average molecular weight is 480 g/mol. The second-order valence-electron chi connectivity index (χ2n) is 8.11. The maximum Gasteiger partial charge on any atom is 0.190 e. The van der Waals surface area contributed by atoms with E-state index in [0.717, 1.165) is 22.4 Å². The third-order valence-electron chi connectivity index (χ3n) is 5.61. The van der Waals surface area contributed by atoms with Gasteiger partial charge in [-0.25, -0.2) is 9.97 Å². The summed E-state index contributed by atoms with van der Waals surface area (Å²) in [4.78, 5) is 22.1. The van der Waals surface area contributed by atoms with Crippen LogP contribution in [0.1, 0.15) is 27.4 Å². The van der Waals surface area contributed by atoms with Crippen LogP contribution in [0, 0.1) is 25.2 Å². The third-order valence-corrected chi connectivity index (χ3v) is 5.61. The molecule has 36 heavy (non-hydrogen) atoms. The number of nitrogens with one attached hydrogen (secondary N) is 2. The zero-order valence-electron chi connectivity index (χ0n) is 19.8. The van der Waals surface area contributed by atoms with Crippen LogP contribution in [-0.2, 0) is 4.74 Å². The van der Waals surface area contributed by atoms with Gasteiger partial charge in [0.15, 0.2) is 17.3 Å². The molecule has 0 bridgehead atoms. The van der Waals surface area contributed by atoms with E-state index in [0.29, 0.717) is 34.2 Å². The second kappa shape index (κ2) is 9.36. The van der Waals surface area contributed by atoms with Crippen molar-refractivity contribution in [2.75, 3.05) is 19.0 Å². The molecule has 178 valence electrons. The van der Waals surface area contributed by atoms with Crippen molar-refractivity contribution in [1.29, 1.82) is 5.26 Å². The highest BCUT2D eigenvalue weighted by Gasteiger charge is 2.22. The highest BCUT2D eigenvalue weighted by Crippen LogP contribution is 2.30. The van der Waals surface area contributed by atoms with Crippen molar-refractivity contribution >= 4 is 28.3 Å². The number of anilines is 2. The molecule has 0 saturated heterocycles. The zero-order chi connectivity index (χ0) is 25.2. The average Bonchev–Trinajstić information content (AvgIpc) is 3.48. The summed E-state index contributed by atoms with van der Waals surface area (Å²) in [6, 6.07) is 15.0. The minimum atomic E-state index is -0.249. The van der Waals surface area contributed by atoms with Gasteiger partial charge < -0.3 is 10.1 Å². The standard InChI is InChI=1S/C25H21N9O2/c1-14-4-8-22(33-30-14)28-16-5-7-20-18(10-16)27-13-34(20)23-9-6-17(21(35)12-36-3)25(29-23)24-15(2)31-32-19(24)11-26/h4-10,13H,12H2,1-3H3,(H,28,33)(H,31,32). The van der Waals surface area contributed by atoms with Crippen LogP contribution >= 0.6 is 0 Å². The maximum absolute atomic E-state index is 12.8. The molecule has 4 aromatic heterocycles. The number of methoxy groups -OCH3 is 1. The molecule has 0 spiro atoms. The molecule has 0 radical (unpaired) electrons. The van der Waals surface area contributed by atoms with E-state index in [4.69, 9.17) is 9.72 Å². The number of imidazole rings is 1. The Bertz CT molecular complexity index is 1630. The fourth-order valence-corrected chi connectivity index (χ4v) is 3.89. The highest BCUT2D eigenvalue weighted by atomic mass is 16.5. The molecule has 0 aliphatic heterocycles. The van der Waals surface area contributed by atoms with Crippen LogP contribution in [0.3, 0.4) is 0 Å². The number of Topliss-reactive ketones (excluding diaryl/α,β-unsaturated/α-hetero) is 1. The largest absolute Gasteiger partial charge is 0.377 e. The Kier molecular flexibility index (Phi) is 5.93. The lowest BCUT2D eigenvalue weighted by atomic mass is 10.0. The SMILES string of the molecule is COCC(=O)c1ccc(-n2cnc3cc(Nc4ccc(C)nn4)ccc32)nc1-c1c(C#N)n[nH]c1C. The van der Waals surface area contributed by atoms with Crippen LogP contribution in [0.4, 0.5) is 11.5 Å². The molecular formula is C25H21N9O2. The first-order valence-corrected chi connectivity index (χ1v) is 11.0. The first kappa shape index (κ1) is 22.8. The van der Waals surface area contributed by atoms with Crippen LogP contribution in [0.2, 0.25) is 0 Å². The van der Waals surface area contributed by atoms with Crippen molar-refractivity contribution in [1.82, 2.24) is 34.9 Å². The number of nitriles is 1. The van der Waals surface area contributed by atoms with Crippen LogP contribution < -0.4 is 5.32 Å². The molecule has 5 aromatic rings. The molecule has 0 aliphatic rings. The van der Waals surface area contributed by atoms with Gasteiger partial charge in [0, 0.05) is 24.1 Å². The Labute approximate surface area is 205 Å². The molecule has 0 saturated carbocycles. The van der Waals surface area contributed by atoms with E-state index in [1.54, 1.807) is 25.4 Å². The van der Waals surface area contributed by atoms with E-state index in [-0.39, 0.29) is 18.1 Å². The number of carbonyl (C=O) groups is 1. The number of H-pyrrole nitrogens is 1. The van der Waals surface area contributed by atoms with Crippen molar-refractivity contribution < 1.29 is 9.53 Å². The zero-order valence-corrected chi connectivity index (χ0v) is 19.8. The van der Waals surface area contributed by atoms with Gasteiger partial charge in [-0.15, -0.1) is 5.10 Å². The Balaban J connectivity index is 1.57. The lowest BCUT2D eigenvalue weighted by molar-refractivity contribution is 0.0848. The van der Waals surface area contributed by atoms with Crippen molar-refractivity contribution in [2.24, 2.45) is 0 Å². The maximum atomic E-state index is 12.8. The van der Waals surface area contributed by atoms with Crippen LogP contribution in [0.15, 0.2) is 48.8 Å². The third kappa shape index (κ3) is 4.17. The number of fused-ring (bicyclic) bond motifs is 1. The fraction of sp³-hybridized carbons (Fsp3) is 0.160. The monoisotopic (exact) mass is 479 g/mol. The number of hydrogen-bond donors (Lipinski definition) is 2. The molecule has 11 nitrogen and oxygen atoms in total. The number of rotatable bonds is 7. The van der Waals surface area contributed by atoms with Gasteiger partial charge in [-0.3, -0.25) is 14.5 Å². The van der Waals surface area contributed by atoms with Crippen molar-refractivity contribution in [2.45, 2.75) is 13.8 Å². The summed E-state index contributed by atoms with van der Waals surface area (Å²) < 4.78 is 6.86. The summed E-state index contributed by atoms with van der Waals surface area (Å²) in [7, 11) is 1.45. The summed E-state index contributed by atoms with van der Waals surface area (Å²) in [5, 5.41) is 27.8. The van der Waals surface area contributed by atoms with Gasteiger partial charge in [0.2, 0.25) is 0 Å². The molecule has 5 rings (SSSR count). The quantitative estimate of drug-likeness (QED) is 0.334. The Morgan fingerprint density at radius 2 is 2.03 bits per heavy atom. The van der Waals surface area contributed by atoms with Crippen molar-refractivity contribution in [3.63, 3.8) is 0 Å². The molecule has 0 unspecified atom stereocenters. The van der Waals surface area contributed by atoms with Crippen LogP contribution in [-0.4, -0.2) is 54.4 Å². The first-order chi connectivity index (χ1) is 17.5. The summed E-state index contributed by atoms with van der Waals surface area (Å²) in [5.41, 5.74) is 5.18. The van der Waals surface area contributed by atoms with Gasteiger partial charge in [0.25, 0.3) is 0 Å². The molecule has 0 fully saturated rings. The second-order valence-corrected chi connectivity index (χ2v) is 8.11. The highest BCUT2D eigenvalue weighted by molar-refractivity contribution is 6.03. The lowest BCUT2D eigenvalue weighted by Crippen LogP contribution is -2.11. The predicted octanol–water partition coefficient (Wildman–Crippen LogP) is 3.66. The summed E-state index contributed by atoms with van der Waals surface area (Å²) in [5.74, 6) is 0.920. The number of ether oxygens (including phenoxy) is 1. The molecule has 1 aromatic carbocycles. The molecule has 11 heteroatoms. The van der Waals surface area contributed by atoms with Gasteiger partial charge in [-0.05, 0) is 56.3 Å². The Morgan fingerprint density at radius 1 is 1.17 bits per heavy atom. The molecule has 0 aliphatic carbocycles. The van der Waals surface area contributed by atoms with E-state index in [2.05, 4.69) is 36.8 Å². The van der Waals surface area contributed by atoms with Crippen LogP contribution in [0.5, 0.6) is 0 Å². The van der Waals surface area contributed by atoms with Gasteiger partial charge in [0.05, 0.1) is 28.0 Å². The van der Waals surface area contributed by atoms with E-state index in [9.17, 15) is 10.1 Å². The molecule has 4 heterocycles. The normalized spacial score (nSPS) is 10.9. The first-order valence-electron chi connectivity index (χ1n) is 11.0. The van der Waals surface area contributed by atoms with Crippen LogP contribution in [0.25, 0.3) is 28.1 Å². The minimum Gasteiger partial charge on any atom is -0.377 e. The smallest absolute Gasteiger partial charge is 0.190 e. The fourth-order valence-electron chi connectivity index (χ4n) is 3.89. The van der Waals surface area contributed by atoms with Crippen molar-refractivity contribution in [3.05, 3.63) is 71.4 Å². The molecule has 0 atom stereocenters. The van der Waals surface area contributed by atoms with Gasteiger partial charge >= 0.3 is 0 Å². The molecule has 2 N–H and O–H groups in total. The topological polar surface area (TPSA) is 147 Å². The van der Waals surface area contributed by atoms with Gasteiger partial charge in [-0.1, -0.05) is 0 Å². The lowest BCUT2D eigenvalue weighted by Gasteiger charge is -2.11. The van der Waals surface area contributed by atoms with Gasteiger partial charge in [0.1, 0.15) is 24.8 Å². The van der Waals surface area contributed by atoms with E-state index >= 15 is 0 Å². The number of carbonyl (C=O) groups excluding carboxylic acids is 1. The number of aromatic amines is 1. The number of ketones is 1. The predicted molar refractivity (Wildman–Crippen MR) is 132 cm³/mol. The number of benzene rings is 1. The van der Waals surface area contributed by atoms with Crippen molar-refractivity contribution in [3.8, 4) is 23.1 Å².